The Morgan fingerprint density at radius 3 is 2.47 bits per heavy atom. The Morgan fingerprint density at radius 1 is 1.17 bits per heavy atom. The molecule has 36 heavy (non-hydrogen) atoms. The predicted molar refractivity (Wildman–Crippen MR) is 124 cm³/mol. The molecular formula is C23H23F5N6OS. The topological polar surface area (TPSA) is 83.9 Å². The van der Waals surface area contributed by atoms with Crippen molar-refractivity contribution in [1.29, 1.82) is 0 Å². The van der Waals surface area contributed by atoms with Crippen LogP contribution >= 0.6 is 11.3 Å². The molecule has 7 nitrogen and oxygen atoms in total. The van der Waals surface area contributed by atoms with E-state index in [0.29, 0.717) is 28.0 Å². The highest BCUT2D eigenvalue weighted by Gasteiger charge is 2.47. The van der Waals surface area contributed by atoms with Crippen molar-refractivity contribution >= 4 is 23.2 Å². The number of hydrogen-bond acceptors (Lipinski definition) is 7. The summed E-state index contributed by atoms with van der Waals surface area (Å²) >= 11 is 1.24. The zero-order chi connectivity index (χ0) is 26.3. The molecule has 2 atom stereocenters. The maximum Gasteiger partial charge on any atom is 0.419 e. The number of anilines is 1. The Balaban J connectivity index is 1.60. The zero-order valence-electron chi connectivity index (χ0n) is 19.6. The van der Waals surface area contributed by atoms with E-state index in [1.807, 2.05) is 13.0 Å². The lowest BCUT2D eigenvalue weighted by atomic mass is 9.88. The Morgan fingerprint density at radius 2 is 1.86 bits per heavy atom. The molecule has 192 valence electrons. The largest absolute Gasteiger partial charge is 0.419 e. The lowest BCUT2D eigenvalue weighted by molar-refractivity contribution is -0.138. The summed E-state index contributed by atoms with van der Waals surface area (Å²) in [6, 6.07) is 2.87. The van der Waals surface area contributed by atoms with Crippen LogP contribution in [0.25, 0.3) is 10.6 Å². The van der Waals surface area contributed by atoms with Crippen LogP contribution in [0.3, 0.4) is 0 Å². The van der Waals surface area contributed by atoms with Gasteiger partial charge in [-0.15, -0.1) is 11.3 Å². The first-order chi connectivity index (χ1) is 16.8. The number of halogens is 5. The van der Waals surface area contributed by atoms with E-state index >= 15 is 0 Å². The molecule has 2 unspecified atom stereocenters. The van der Waals surface area contributed by atoms with Gasteiger partial charge in [0, 0.05) is 31.6 Å². The number of rotatable bonds is 5. The van der Waals surface area contributed by atoms with Crippen molar-refractivity contribution in [2.45, 2.75) is 45.3 Å². The molecular weight excluding hydrogens is 503 g/mol. The molecule has 1 aliphatic heterocycles. The summed E-state index contributed by atoms with van der Waals surface area (Å²) in [5, 5.41) is 3.37. The first kappa shape index (κ1) is 25.9. The van der Waals surface area contributed by atoms with Crippen LogP contribution < -0.4 is 5.32 Å². The van der Waals surface area contributed by atoms with E-state index in [9.17, 15) is 26.7 Å². The molecule has 0 aromatic carbocycles. The van der Waals surface area contributed by atoms with Crippen LogP contribution in [0.2, 0.25) is 0 Å². The number of carbonyl (C=O) groups excluding carboxylic acids is 1. The van der Waals surface area contributed by atoms with Crippen LogP contribution in [-0.4, -0.2) is 55.8 Å². The summed E-state index contributed by atoms with van der Waals surface area (Å²) in [6.45, 7) is 4.34. The van der Waals surface area contributed by atoms with Crippen molar-refractivity contribution in [3.8, 4) is 10.6 Å². The van der Waals surface area contributed by atoms with Crippen molar-refractivity contribution in [3.63, 3.8) is 0 Å². The van der Waals surface area contributed by atoms with Crippen molar-refractivity contribution in [2.24, 2.45) is 5.92 Å². The Kier molecular flexibility index (Phi) is 6.95. The summed E-state index contributed by atoms with van der Waals surface area (Å²) in [6.07, 6.45) is -2.11. The molecule has 0 bridgehead atoms. The lowest BCUT2D eigenvalue weighted by Crippen LogP contribution is -2.57. The third-order valence-corrected chi connectivity index (χ3v) is 6.86. The second kappa shape index (κ2) is 9.68. The van der Waals surface area contributed by atoms with Gasteiger partial charge in [-0.25, -0.2) is 23.7 Å². The number of nitrogens with zero attached hydrogens (tertiary/aromatic N) is 5. The molecule has 1 amide bonds. The number of nitrogens with one attached hydrogen (secondary N) is 1. The normalized spacial score (nSPS) is 19.8. The highest BCUT2D eigenvalue weighted by Crippen LogP contribution is 2.37. The number of piperidine rings is 1. The van der Waals surface area contributed by atoms with Crippen LogP contribution in [0.15, 0.2) is 30.7 Å². The van der Waals surface area contributed by atoms with E-state index in [-0.39, 0.29) is 18.2 Å². The molecule has 1 fully saturated rings. The minimum Gasteiger partial charge on any atom is -0.352 e. The zero-order valence-corrected chi connectivity index (χ0v) is 20.4. The van der Waals surface area contributed by atoms with Gasteiger partial charge < -0.3 is 10.2 Å². The summed E-state index contributed by atoms with van der Waals surface area (Å²) < 4.78 is 67.5. The highest BCUT2D eigenvalue weighted by molar-refractivity contribution is 7.15. The van der Waals surface area contributed by atoms with Gasteiger partial charge in [0.2, 0.25) is 5.95 Å². The number of aryl methyl sites for hydroxylation is 2. The van der Waals surface area contributed by atoms with Crippen LogP contribution in [-0.2, 0) is 6.18 Å². The fraction of sp³-hybridized carbons (Fsp3) is 0.435. The number of thiazole rings is 1. The van der Waals surface area contributed by atoms with E-state index in [1.54, 1.807) is 26.1 Å². The molecule has 1 aliphatic rings. The number of likely N-dealkylation sites (tertiary alicyclic amines) is 1. The van der Waals surface area contributed by atoms with E-state index in [4.69, 9.17) is 0 Å². The number of amides is 1. The molecule has 1 N–H and O–H groups in total. The van der Waals surface area contributed by atoms with Crippen LogP contribution in [0.5, 0.6) is 0 Å². The van der Waals surface area contributed by atoms with Gasteiger partial charge in [-0.2, -0.15) is 13.2 Å². The minimum absolute atomic E-state index is 0.0322. The Labute approximate surface area is 207 Å². The van der Waals surface area contributed by atoms with Gasteiger partial charge in [0.05, 0.1) is 33.7 Å². The first-order valence-electron chi connectivity index (χ1n) is 11.1. The smallest absolute Gasteiger partial charge is 0.352 e. The molecule has 0 spiro atoms. The minimum atomic E-state index is -4.58. The third-order valence-electron chi connectivity index (χ3n) is 5.87. The molecule has 0 aliphatic carbocycles. The molecule has 4 rings (SSSR count). The van der Waals surface area contributed by atoms with Crippen LogP contribution in [0, 0.1) is 19.8 Å². The molecule has 13 heteroatoms. The second-order valence-corrected chi connectivity index (χ2v) is 10.0. The molecule has 1 saturated heterocycles. The Bertz CT molecular complexity index is 1230. The fourth-order valence-electron chi connectivity index (χ4n) is 4.12. The third kappa shape index (κ3) is 5.61. The maximum absolute atomic E-state index is 14.6. The standard InChI is InChI=1S/C23H23F5N6OS/c1-12-4-5-16(29-7-12)19-18(33-14(3)36-19)20(35)34-11-22(24,25)6-13(2)17(34)10-32-21-30-8-15(9-31-21)23(26,27)28/h4-5,7-9,13,17H,6,10-11H2,1-3H3,(H,30,31,32). The van der Waals surface area contributed by atoms with E-state index in [1.165, 1.54) is 11.3 Å². The van der Waals surface area contributed by atoms with Gasteiger partial charge in [0.15, 0.2) is 0 Å². The number of alkyl halides is 5. The molecule has 0 saturated carbocycles. The highest BCUT2D eigenvalue weighted by atomic mass is 32.1. The lowest BCUT2D eigenvalue weighted by Gasteiger charge is -2.43. The number of pyridine rings is 1. The Hall–Kier alpha value is -3.22. The SMILES string of the molecule is Cc1ccc(-c2sc(C)nc2C(=O)N2CC(F)(F)CC(C)C2CNc2ncc(C(F)(F)F)cn2)nc1. The average Bonchev–Trinajstić information content (AvgIpc) is 3.19. The summed E-state index contributed by atoms with van der Waals surface area (Å²) in [5.41, 5.74) is 0.467. The van der Waals surface area contributed by atoms with Crippen molar-refractivity contribution in [2.75, 3.05) is 18.4 Å². The molecule has 0 radical (unpaired) electrons. The summed E-state index contributed by atoms with van der Waals surface area (Å²) in [5.74, 6) is -4.50. The van der Waals surface area contributed by atoms with E-state index in [2.05, 4.69) is 25.3 Å². The van der Waals surface area contributed by atoms with Crippen molar-refractivity contribution in [3.05, 3.63) is 52.6 Å². The molecule has 3 aromatic heterocycles. The maximum atomic E-state index is 14.6. The van der Waals surface area contributed by atoms with Gasteiger partial charge in [-0.3, -0.25) is 9.78 Å². The summed E-state index contributed by atoms with van der Waals surface area (Å²) in [4.78, 5) is 31.2. The van der Waals surface area contributed by atoms with Gasteiger partial charge in [-0.1, -0.05) is 13.0 Å². The van der Waals surface area contributed by atoms with Gasteiger partial charge >= 0.3 is 6.18 Å². The molecule has 4 heterocycles. The van der Waals surface area contributed by atoms with E-state index < -0.39 is 48.5 Å². The van der Waals surface area contributed by atoms with Crippen LogP contribution in [0.1, 0.15) is 40.0 Å². The quantitative estimate of drug-likeness (QED) is 0.459. The second-order valence-electron chi connectivity index (χ2n) is 8.84. The average molecular weight is 527 g/mol. The predicted octanol–water partition coefficient (Wildman–Crippen LogP) is 5.23. The number of aromatic nitrogens is 4. The van der Waals surface area contributed by atoms with Gasteiger partial charge in [-0.05, 0) is 31.4 Å². The number of hydrogen-bond donors (Lipinski definition) is 1. The molecule has 3 aromatic rings. The fourth-order valence-corrected chi connectivity index (χ4v) is 5.01. The van der Waals surface area contributed by atoms with Gasteiger partial charge in [0.25, 0.3) is 11.8 Å². The number of carbonyl (C=O) groups is 1. The first-order valence-corrected chi connectivity index (χ1v) is 11.9. The van der Waals surface area contributed by atoms with Crippen molar-refractivity contribution < 1.29 is 26.7 Å². The van der Waals surface area contributed by atoms with Crippen molar-refractivity contribution in [1.82, 2.24) is 24.8 Å². The van der Waals surface area contributed by atoms with Gasteiger partial charge in [0.1, 0.15) is 5.69 Å². The monoisotopic (exact) mass is 526 g/mol. The van der Waals surface area contributed by atoms with Crippen LogP contribution in [0.4, 0.5) is 27.9 Å². The van der Waals surface area contributed by atoms with E-state index in [0.717, 1.165) is 10.5 Å². The summed E-state index contributed by atoms with van der Waals surface area (Å²) in [7, 11) is 0.